The van der Waals surface area contributed by atoms with Crippen molar-refractivity contribution in [1.29, 1.82) is 0 Å². The molecule has 4 aromatic rings. The second-order valence-electron chi connectivity index (χ2n) is 6.03. The Morgan fingerprint density at radius 3 is 2.44 bits per heavy atom. The van der Waals surface area contributed by atoms with E-state index in [0.29, 0.717) is 11.4 Å². The summed E-state index contributed by atoms with van der Waals surface area (Å²) in [5.41, 5.74) is 0.635. The van der Waals surface area contributed by atoms with E-state index in [9.17, 15) is 14.0 Å². The lowest BCUT2D eigenvalue weighted by Crippen LogP contribution is -2.39. The van der Waals surface area contributed by atoms with Crippen LogP contribution in [0.3, 0.4) is 0 Å². The van der Waals surface area contributed by atoms with Gasteiger partial charge in [-0.15, -0.1) is 0 Å². The van der Waals surface area contributed by atoms with E-state index in [1.807, 2.05) is 0 Å². The fourth-order valence-corrected chi connectivity index (χ4v) is 2.84. The summed E-state index contributed by atoms with van der Waals surface area (Å²) in [4.78, 5) is 38.1. The molecular formula is C19H14FN5O2. The van der Waals surface area contributed by atoms with Crippen LogP contribution in [0.1, 0.15) is 5.56 Å². The zero-order valence-corrected chi connectivity index (χ0v) is 14.3. The van der Waals surface area contributed by atoms with Gasteiger partial charge in [0, 0.05) is 31.2 Å². The Morgan fingerprint density at radius 1 is 1.04 bits per heavy atom. The Labute approximate surface area is 152 Å². The molecule has 0 N–H and O–H groups in total. The molecule has 0 saturated carbocycles. The van der Waals surface area contributed by atoms with Gasteiger partial charge in [-0.25, -0.2) is 19.2 Å². The summed E-state index contributed by atoms with van der Waals surface area (Å²) in [6, 6.07) is 9.14. The molecule has 0 saturated heterocycles. The highest BCUT2D eigenvalue weighted by Gasteiger charge is 2.14. The number of hydrogen-bond donors (Lipinski definition) is 0. The quantitative estimate of drug-likeness (QED) is 0.554. The number of fused-ring (bicyclic) bond motifs is 1. The lowest BCUT2D eigenvalue weighted by molar-refractivity contribution is 0.623. The molecule has 27 heavy (non-hydrogen) atoms. The Balaban J connectivity index is 1.87. The molecule has 0 unspecified atom stereocenters. The Hall–Kier alpha value is -3.68. The first-order valence-corrected chi connectivity index (χ1v) is 8.16. The maximum Gasteiger partial charge on any atom is 0.332 e. The monoisotopic (exact) mass is 363 g/mol. The maximum absolute atomic E-state index is 13.1. The minimum atomic E-state index is -0.504. The van der Waals surface area contributed by atoms with Gasteiger partial charge >= 0.3 is 5.69 Å². The van der Waals surface area contributed by atoms with E-state index in [0.717, 1.165) is 10.1 Å². The third-order valence-electron chi connectivity index (χ3n) is 4.27. The van der Waals surface area contributed by atoms with E-state index in [1.54, 1.807) is 31.6 Å². The van der Waals surface area contributed by atoms with Gasteiger partial charge in [-0.2, -0.15) is 0 Å². The first-order valence-electron chi connectivity index (χ1n) is 8.16. The first kappa shape index (κ1) is 16.8. The van der Waals surface area contributed by atoms with E-state index >= 15 is 0 Å². The van der Waals surface area contributed by atoms with Crippen LogP contribution < -0.4 is 11.2 Å². The fraction of sp³-hybridized carbons (Fsp3) is 0.105. The Bertz CT molecular complexity index is 1250. The van der Waals surface area contributed by atoms with Crippen LogP contribution in [0, 0.1) is 5.82 Å². The molecular weight excluding hydrogens is 349 g/mol. The minimum Gasteiger partial charge on any atom is -0.280 e. The number of aryl methyl sites for hydroxylation is 1. The van der Waals surface area contributed by atoms with Crippen molar-refractivity contribution in [1.82, 2.24) is 24.1 Å². The Kier molecular flexibility index (Phi) is 4.08. The van der Waals surface area contributed by atoms with Gasteiger partial charge in [-0.3, -0.25) is 18.9 Å². The average molecular weight is 363 g/mol. The molecule has 3 aromatic heterocycles. The van der Waals surface area contributed by atoms with Crippen LogP contribution in [0.5, 0.6) is 0 Å². The molecule has 0 aliphatic carbocycles. The third-order valence-corrected chi connectivity index (χ3v) is 4.27. The number of pyridine rings is 1. The first-order chi connectivity index (χ1) is 13.0. The largest absolute Gasteiger partial charge is 0.332 e. The summed E-state index contributed by atoms with van der Waals surface area (Å²) in [6.07, 6.45) is 4.65. The normalized spacial score (nSPS) is 11.0. The summed E-state index contributed by atoms with van der Waals surface area (Å²) in [7, 11) is 1.55. The number of halogens is 1. The van der Waals surface area contributed by atoms with Gasteiger partial charge in [0.2, 0.25) is 0 Å². The van der Waals surface area contributed by atoms with Crippen molar-refractivity contribution >= 4 is 11.0 Å². The van der Waals surface area contributed by atoms with Gasteiger partial charge in [-0.05, 0) is 29.8 Å². The van der Waals surface area contributed by atoms with Crippen molar-refractivity contribution in [3.63, 3.8) is 0 Å². The molecule has 4 rings (SSSR count). The van der Waals surface area contributed by atoms with Crippen LogP contribution >= 0.6 is 0 Å². The second kappa shape index (κ2) is 6.56. The molecule has 0 amide bonds. The zero-order valence-electron chi connectivity index (χ0n) is 14.3. The summed E-state index contributed by atoms with van der Waals surface area (Å²) in [5.74, 6) is 0.0186. The highest BCUT2D eigenvalue weighted by atomic mass is 19.1. The topological polar surface area (TPSA) is 82.7 Å². The summed E-state index contributed by atoms with van der Waals surface area (Å²) >= 11 is 0. The molecule has 134 valence electrons. The number of nitrogens with zero attached hydrogens (tertiary/aromatic N) is 5. The van der Waals surface area contributed by atoms with Crippen molar-refractivity contribution in [2.75, 3.05) is 0 Å². The molecule has 0 aliphatic rings. The molecule has 0 bridgehead atoms. The summed E-state index contributed by atoms with van der Waals surface area (Å²) < 4.78 is 15.5. The molecule has 1 aromatic carbocycles. The van der Waals surface area contributed by atoms with Gasteiger partial charge in [0.05, 0.1) is 6.54 Å². The van der Waals surface area contributed by atoms with Crippen LogP contribution in [0.4, 0.5) is 4.39 Å². The van der Waals surface area contributed by atoms with Gasteiger partial charge < -0.3 is 0 Å². The van der Waals surface area contributed by atoms with Crippen LogP contribution in [0.2, 0.25) is 0 Å². The van der Waals surface area contributed by atoms with E-state index < -0.39 is 11.2 Å². The van der Waals surface area contributed by atoms with E-state index in [-0.39, 0.29) is 23.4 Å². The predicted octanol–water partition coefficient (Wildman–Crippen LogP) is 1.74. The highest BCUT2D eigenvalue weighted by Crippen LogP contribution is 2.15. The zero-order chi connectivity index (χ0) is 19.0. The van der Waals surface area contributed by atoms with Crippen LogP contribution in [0.15, 0.2) is 64.6 Å². The van der Waals surface area contributed by atoms with Crippen molar-refractivity contribution in [3.05, 3.63) is 87.2 Å². The third kappa shape index (κ3) is 3.01. The van der Waals surface area contributed by atoms with E-state index in [2.05, 4.69) is 15.0 Å². The van der Waals surface area contributed by atoms with Gasteiger partial charge in [0.1, 0.15) is 11.2 Å². The van der Waals surface area contributed by atoms with Crippen molar-refractivity contribution in [2.45, 2.75) is 6.54 Å². The number of benzene rings is 1. The SMILES string of the molecule is Cn1c(=O)n(Cc2ccc(F)cc2)c(=O)c2cnc(-c3ccncc3)nc21. The van der Waals surface area contributed by atoms with Crippen molar-refractivity contribution < 1.29 is 4.39 Å². The van der Waals surface area contributed by atoms with Gasteiger partial charge in [-0.1, -0.05) is 12.1 Å². The maximum atomic E-state index is 13.1. The lowest BCUT2D eigenvalue weighted by atomic mass is 10.2. The molecule has 0 spiro atoms. The average Bonchev–Trinajstić information content (AvgIpc) is 2.71. The predicted molar refractivity (Wildman–Crippen MR) is 97.8 cm³/mol. The fourth-order valence-electron chi connectivity index (χ4n) is 2.84. The number of rotatable bonds is 3. The van der Waals surface area contributed by atoms with Gasteiger partial charge in [0.15, 0.2) is 11.5 Å². The molecule has 0 fully saturated rings. The standard InChI is InChI=1S/C19H14FN5O2/c1-24-17-15(10-22-16(23-17)13-6-8-21-9-7-13)18(26)25(19(24)27)11-12-2-4-14(20)5-3-12/h2-10H,11H2,1H3. The van der Waals surface area contributed by atoms with Crippen LogP contribution in [0.25, 0.3) is 22.4 Å². The molecule has 0 radical (unpaired) electrons. The summed E-state index contributed by atoms with van der Waals surface area (Å²) in [6.45, 7) is 0.0355. The summed E-state index contributed by atoms with van der Waals surface area (Å²) in [5, 5.41) is 0.233. The minimum absolute atomic E-state index is 0.0355. The van der Waals surface area contributed by atoms with Crippen molar-refractivity contribution in [3.8, 4) is 11.4 Å². The van der Waals surface area contributed by atoms with E-state index in [4.69, 9.17) is 0 Å². The van der Waals surface area contributed by atoms with Crippen LogP contribution in [-0.2, 0) is 13.6 Å². The van der Waals surface area contributed by atoms with Crippen molar-refractivity contribution in [2.24, 2.45) is 7.05 Å². The second-order valence-corrected chi connectivity index (χ2v) is 6.03. The lowest BCUT2D eigenvalue weighted by Gasteiger charge is -2.11. The van der Waals surface area contributed by atoms with E-state index in [1.165, 1.54) is 35.0 Å². The molecule has 8 heteroatoms. The highest BCUT2D eigenvalue weighted by molar-refractivity contribution is 5.75. The molecule has 3 heterocycles. The number of aromatic nitrogens is 5. The molecule has 0 aliphatic heterocycles. The molecule has 0 atom stereocenters. The van der Waals surface area contributed by atoms with Crippen LogP contribution in [-0.4, -0.2) is 24.1 Å². The smallest absolute Gasteiger partial charge is 0.280 e. The molecule has 7 nitrogen and oxygen atoms in total. The number of hydrogen-bond acceptors (Lipinski definition) is 5. The Morgan fingerprint density at radius 2 is 1.74 bits per heavy atom. The van der Waals surface area contributed by atoms with Gasteiger partial charge in [0.25, 0.3) is 5.56 Å².